The molecular formula is C15H25N3O. The van der Waals surface area contributed by atoms with Gasteiger partial charge < -0.3 is 16.0 Å². The van der Waals surface area contributed by atoms with Crippen molar-refractivity contribution in [1.29, 1.82) is 0 Å². The maximum Gasteiger partial charge on any atom is 0.251 e. The summed E-state index contributed by atoms with van der Waals surface area (Å²) in [6.45, 7) is 6.87. The van der Waals surface area contributed by atoms with Gasteiger partial charge >= 0.3 is 0 Å². The zero-order valence-electron chi connectivity index (χ0n) is 12.4. The summed E-state index contributed by atoms with van der Waals surface area (Å²) in [6.07, 6.45) is 2.26. The maximum absolute atomic E-state index is 11.7. The van der Waals surface area contributed by atoms with E-state index in [1.54, 1.807) is 6.07 Å². The van der Waals surface area contributed by atoms with Gasteiger partial charge in [-0.05, 0) is 38.5 Å². The van der Waals surface area contributed by atoms with Crippen LogP contribution in [-0.2, 0) is 0 Å². The van der Waals surface area contributed by atoms with Crippen molar-refractivity contribution in [2.45, 2.75) is 39.7 Å². The molecule has 0 saturated heterocycles. The number of nitrogen functional groups attached to an aromatic ring is 1. The highest BCUT2D eigenvalue weighted by atomic mass is 16.1. The van der Waals surface area contributed by atoms with E-state index in [0.29, 0.717) is 23.8 Å². The summed E-state index contributed by atoms with van der Waals surface area (Å²) in [5.74, 6) is -0.0787. The minimum Gasteiger partial charge on any atom is -0.397 e. The number of hydrogen-bond donors (Lipinski definition) is 2. The van der Waals surface area contributed by atoms with Gasteiger partial charge in [0.15, 0.2) is 0 Å². The molecule has 0 aromatic heterocycles. The lowest BCUT2D eigenvalue weighted by Crippen LogP contribution is -2.29. The Bertz CT molecular complexity index is 431. The van der Waals surface area contributed by atoms with E-state index in [0.717, 1.165) is 18.5 Å². The molecular weight excluding hydrogens is 238 g/mol. The zero-order valence-corrected chi connectivity index (χ0v) is 12.4. The van der Waals surface area contributed by atoms with E-state index in [9.17, 15) is 4.79 Å². The van der Waals surface area contributed by atoms with Crippen LogP contribution in [0.15, 0.2) is 18.2 Å². The number of hydrogen-bond acceptors (Lipinski definition) is 3. The van der Waals surface area contributed by atoms with Gasteiger partial charge in [-0.2, -0.15) is 0 Å². The number of nitrogens with zero attached hydrogens (tertiary/aromatic N) is 1. The van der Waals surface area contributed by atoms with Gasteiger partial charge in [0.25, 0.3) is 5.91 Å². The van der Waals surface area contributed by atoms with Gasteiger partial charge in [0, 0.05) is 25.2 Å². The Morgan fingerprint density at radius 1 is 1.42 bits per heavy atom. The lowest BCUT2D eigenvalue weighted by atomic mass is 10.1. The van der Waals surface area contributed by atoms with Gasteiger partial charge in [-0.3, -0.25) is 4.79 Å². The Morgan fingerprint density at radius 2 is 2.11 bits per heavy atom. The normalized spacial score (nSPS) is 12.0. The molecule has 0 bridgehead atoms. The molecule has 1 rings (SSSR count). The van der Waals surface area contributed by atoms with Gasteiger partial charge in [0.2, 0.25) is 0 Å². The van der Waals surface area contributed by atoms with Gasteiger partial charge in [0.05, 0.1) is 11.4 Å². The van der Waals surface area contributed by atoms with Crippen LogP contribution in [0.1, 0.15) is 44.0 Å². The second kappa shape index (κ2) is 7.02. The predicted octanol–water partition coefficient (Wildman–Crippen LogP) is 2.64. The van der Waals surface area contributed by atoms with Gasteiger partial charge in [-0.15, -0.1) is 0 Å². The van der Waals surface area contributed by atoms with E-state index in [-0.39, 0.29) is 5.91 Å². The average molecular weight is 263 g/mol. The average Bonchev–Trinajstić information content (AvgIpc) is 2.38. The minimum atomic E-state index is -0.0787. The van der Waals surface area contributed by atoms with Crippen LogP contribution in [0.4, 0.5) is 11.4 Å². The number of anilines is 2. The largest absolute Gasteiger partial charge is 0.397 e. The quantitative estimate of drug-likeness (QED) is 0.776. The highest BCUT2D eigenvalue weighted by molar-refractivity contribution is 5.96. The molecule has 0 radical (unpaired) electrons. The van der Waals surface area contributed by atoms with Crippen molar-refractivity contribution in [3.63, 3.8) is 0 Å². The van der Waals surface area contributed by atoms with Crippen LogP contribution >= 0.6 is 0 Å². The number of benzene rings is 1. The topological polar surface area (TPSA) is 58.4 Å². The maximum atomic E-state index is 11.7. The second-order valence-electron chi connectivity index (χ2n) is 4.88. The lowest BCUT2D eigenvalue weighted by molar-refractivity contribution is 0.0956. The first-order valence-corrected chi connectivity index (χ1v) is 6.91. The third-order valence-corrected chi connectivity index (χ3v) is 3.37. The lowest BCUT2D eigenvalue weighted by Gasteiger charge is -2.28. The number of carbonyl (C=O) groups is 1. The van der Waals surface area contributed by atoms with Crippen molar-refractivity contribution in [1.82, 2.24) is 5.32 Å². The molecule has 19 heavy (non-hydrogen) atoms. The standard InChI is InChI=1S/C15H25N3O/c1-5-7-11(3)18(4)14-9-8-12(10-13(14)16)15(19)17-6-2/h8-11H,5-7,16H2,1-4H3,(H,17,19). The summed E-state index contributed by atoms with van der Waals surface area (Å²) in [4.78, 5) is 13.9. The van der Waals surface area contributed by atoms with E-state index in [1.807, 2.05) is 26.1 Å². The Kier molecular flexibility index (Phi) is 5.67. The van der Waals surface area contributed by atoms with Crippen LogP contribution in [-0.4, -0.2) is 25.5 Å². The molecule has 1 aromatic rings. The molecule has 1 aromatic carbocycles. The molecule has 106 valence electrons. The molecule has 0 fully saturated rings. The molecule has 0 heterocycles. The Hall–Kier alpha value is -1.71. The second-order valence-corrected chi connectivity index (χ2v) is 4.88. The van der Waals surface area contributed by atoms with Gasteiger partial charge in [0.1, 0.15) is 0 Å². The van der Waals surface area contributed by atoms with E-state index in [1.165, 1.54) is 0 Å². The summed E-state index contributed by atoms with van der Waals surface area (Å²) in [5, 5.41) is 2.77. The first-order chi connectivity index (χ1) is 9.01. The molecule has 1 atom stereocenters. The van der Waals surface area contributed by atoms with Crippen LogP contribution in [0.5, 0.6) is 0 Å². The number of nitrogens with one attached hydrogen (secondary N) is 1. The first kappa shape index (κ1) is 15.3. The Balaban J connectivity index is 2.91. The zero-order chi connectivity index (χ0) is 14.4. The van der Waals surface area contributed by atoms with Crippen molar-refractivity contribution in [3.8, 4) is 0 Å². The summed E-state index contributed by atoms with van der Waals surface area (Å²) < 4.78 is 0. The molecule has 0 aliphatic carbocycles. The number of nitrogens with two attached hydrogens (primary N) is 1. The molecule has 0 saturated carbocycles. The van der Waals surface area contributed by atoms with Crippen LogP contribution in [0.3, 0.4) is 0 Å². The van der Waals surface area contributed by atoms with Gasteiger partial charge in [-0.1, -0.05) is 13.3 Å². The molecule has 0 spiro atoms. The van der Waals surface area contributed by atoms with E-state index < -0.39 is 0 Å². The molecule has 0 aliphatic heterocycles. The summed E-state index contributed by atoms with van der Waals surface area (Å²) in [5.41, 5.74) is 8.31. The molecule has 4 nitrogen and oxygen atoms in total. The van der Waals surface area contributed by atoms with E-state index in [4.69, 9.17) is 5.73 Å². The predicted molar refractivity (Wildman–Crippen MR) is 81.6 cm³/mol. The van der Waals surface area contributed by atoms with Crippen molar-refractivity contribution in [2.75, 3.05) is 24.2 Å². The Labute approximate surface area is 116 Å². The van der Waals surface area contributed by atoms with E-state index in [2.05, 4.69) is 24.1 Å². The fourth-order valence-electron chi connectivity index (χ4n) is 2.13. The van der Waals surface area contributed by atoms with E-state index >= 15 is 0 Å². The van der Waals surface area contributed by atoms with Crippen LogP contribution < -0.4 is 16.0 Å². The van der Waals surface area contributed by atoms with Crippen molar-refractivity contribution >= 4 is 17.3 Å². The van der Waals surface area contributed by atoms with Crippen molar-refractivity contribution in [3.05, 3.63) is 23.8 Å². The fourth-order valence-corrected chi connectivity index (χ4v) is 2.13. The number of carbonyl (C=O) groups excluding carboxylic acids is 1. The Morgan fingerprint density at radius 3 is 2.63 bits per heavy atom. The van der Waals surface area contributed by atoms with Gasteiger partial charge in [-0.25, -0.2) is 0 Å². The SMILES string of the molecule is CCCC(C)N(C)c1ccc(C(=O)NCC)cc1N. The molecule has 1 amide bonds. The number of rotatable bonds is 6. The molecule has 0 aliphatic rings. The third kappa shape index (κ3) is 3.88. The van der Waals surface area contributed by atoms with Crippen LogP contribution in [0, 0.1) is 0 Å². The van der Waals surface area contributed by atoms with Crippen LogP contribution in [0.25, 0.3) is 0 Å². The van der Waals surface area contributed by atoms with Crippen molar-refractivity contribution in [2.24, 2.45) is 0 Å². The first-order valence-electron chi connectivity index (χ1n) is 6.91. The van der Waals surface area contributed by atoms with Crippen LogP contribution in [0.2, 0.25) is 0 Å². The molecule has 1 unspecified atom stereocenters. The molecule has 3 N–H and O–H groups in total. The monoisotopic (exact) mass is 263 g/mol. The summed E-state index contributed by atoms with van der Waals surface area (Å²) >= 11 is 0. The highest BCUT2D eigenvalue weighted by Gasteiger charge is 2.13. The highest BCUT2D eigenvalue weighted by Crippen LogP contribution is 2.26. The number of amides is 1. The summed E-state index contributed by atoms with van der Waals surface area (Å²) in [6, 6.07) is 5.93. The fraction of sp³-hybridized carbons (Fsp3) is 0.533. The molecule has 4 heteroatoms. The third-order valence-electron chi connectivity index (χ3n) is 3.37. The minimum absolute atomic E-state index is 0.0787. The van der Waals surface area contributed by atoms with Crippen molar-refractivity contribution < 1.29 is 4.79 Å². The smallest absolute Gasteiger partial charge is 0.251 e. The summed E-state index contributed by atoms with van der Waals surface area (Å²) in [7, 11) is 2.04.